The molecule has 3 rings (SSSR count). The van der Waals surface area contributed by atoms with Gasteiger partial charge in [0.1, 0.15) is 5.75 Å². The topological polar surface area (TPSA) is 49.8 Å². The summed E-state index contributed by atoms with van der Waals surface area (Å²) in [6, 6.07) is 6.12. The Labute approximate surface area is 150 Å². The lowest BCUT2D eigenvalue weighted by molar-refractivity contribution is -0.274. The fourth-order valence-electron chi connectivity index (χ4n) is 4.28. The first-order valence-electron chi connectivity index (χ1n) is 9.00. The maximum absolute atomic E-state index is 12.3. The van der Waals surface area contributed by atoms with Crippen molar-refractivity contribution in [3.05, 3.63) is 29.8 Å². The van der Waals surface area contributed by atoms with Gasteiger partial charge in [0, 0.05) is 18.5 Å². The van der Waals surface area contributed by atoms with E-state index in [2.05, 4.69) is 4.74 Å². The average Bonchev–Trinajstić information content (AvgIpc) is 2.99. The second-order valence-corrected chi connectivity index (χ2v) is 7.54. The van der Waals surface area contributed by atoms with Crippen molar-refractivity contribution in [1.29, 1.82) is 0 Å². The van der Waals surface area contributed by atoms with Gasteiger partial charge in [-0.15, -0.1) is 13.2 Å². The SMILES string of the molecule is CC[C@H](CO)C(=O)N1CC2(CC[C@@H](c3ccc(OC(F)(F)F)cc3)C2)C1. The maximum Gasteiger partial charge on any atom is 0.573 e. The van der Waals surface area contributed by atoms with E-state index in [1.54, 1.807) is 12.1 Å². The summed E-state index contributed by atoms with van der Waals surface area (Å²) in [6.45, 7) is 3.21. The summed E-state index contributed by atoms with van der Waals surface area (Å²) in [6.07, 6.45) is -1.12. The number of aliphatic hydroxyl groups excluding tert-OH is 1. The molecule has 1 aliphatic heterocycles. The summed E-state index contributed by atoms with van der Waals surface area (Å²) in [5.41, 5.74) is 1.14. The molecule has 2 aliphatic rings. The highest BCUT2D eigenvalue weighted by Crippen LogP contribution is 2.52. The minimum atomic E-state index is -4.67. The van der Waals surface area contributed by atoms with E-state index < -0.39 is 6.36 Å². The Morgan fingerprint density at radius 2 is 2.00 bits per heavy atom. The summed E-state index contributed by atoms with van der Waals surface area (Å²) in [5, 5.41) is 9.28. The molecule has 4 nitrogen and oxygen atoms in total. The molecular formula is C19H24F3NO3. The van der Waals surface area contributed by atoms with Crippen LogP contribution in [0.1, 0.15) is 44.1 Å². The van der Waals surface area contributed by atoms with Crippen LogP contribution in [0, 0.1) is 11.3 Å². The van der Waals surface area contributed by atoms with Gasteiger partial charge < -0.3 is 14.7 Å². The van der Waals surface area contributed by atoms with E-state index in [1.165, 1.54) is 12.1 Å². The predicted octanol–water partition coefficient (Wildman–Crippen LogP) is 3.70. The van der Waals surface area contributed by atoms with E-state index in [0.29, 0.717) is 25.4 Å². The van der Waals surface area contributed by atoms with Crippen LogP contribution < -0.4 is 4.74 Å². The second kappa shape index (κ2) is 7.10. The third-order valence-electron chi connectivity index (χ3n) is 5.71. The second-order valence-electron chi connectivity index (χ2n) is 7.54. The number of halogens is 3. The van der Waals surface area contributed by atoms with E-state index in [0.717, 1.165) is 24.8 Å². The molecule has 1 aliphatic carbocycles. The molecule has 1 N–H and O–H groups in total. The quantitative estimate of drug-likeness (QED) is 0.859. The third kappa shape index (κ3) is 3.98. The number of aliphatic hydroxyl groups is 1. The first-order chi connectivity index (χ1) is 12.3. The summed E-state index contributed by atoms with van der Waals surface area (Å²) in [7, 11) is 0. The minimum Gasteiger partial charge on any atom is -0.406 e. The molecule has 0 aromatic heterocycles. The Hall–Kier alpha value is -1.76. The molecule has 144 valence electrons. The zero-order valence-corrected chi connectivity index (χ0v) is 14.8. The van der Waals surface area contributed by atoms with Gasteiger partial charge in [-0.1, -0.05) is 19.1 Å². The molecule has 7 heteroatoms. The van der Waals surface area contributed by atoms with E-state index in [1.807, 2.05) is 11.8 Å². The fourth-order valence-corrected chi connectivity index (χ4v) is 4.28. The number of alkyl halides is 3. The monoisotopic (exact) mass is 371 g/mol. The highest BCUT2D eigenvalue weighted by molar-refractivity contribution is 5.80. The molecule has 1 aromatic rings. The molecule has 1 saturated carbocycles. The van der Waals surface area contributed by atoms with Crippen molar-refractivity contribution in [2.24, 2.45) is 11.3 Å². The Morgan fingerprint density at radius 1 is 1.35 bits per heavy atom. The van der Waals surface area contributed by atoms with Gasteiger partial charge in [0.15, 0.2) is 0 Å². The number of rotatable bonds is 5. The van der Waals surface area contributed by atoms with E-state index in [4.69, 9.17) is 0 Å². The smallest absolute Gasteiger partial charge is 0.406 e. The van der Waals surface area contributed by atoms with E-state index in [-0.39, 0.29) is 29.6 Å². The Morgan fingerprint density at radius 3 is 2.54 bits per heavy atom. The number of carbonyl (C=O) groups is 1. The molecule has 2 fully saturated rings. The summed E-state index contributed by atoms with van der Waals surface area (Å²) in [4.78, 5) is 14.1. The van der Waals surface area contributed by atoms with Crippen molar-refractivity contribution >= 4 is 5.91 Å². The number of benzene rings is 1. The molecule has 2 atom stereocenters. The highest BCUT2D eigenvalue weighted by Gasteiger charge is 2.50. The molecule has 0 unspecified atom stereocenters. The van der Waals surface area contributed by atoms with Crippen LogP contribution in [-0.2, 0) is 4.79 Å². The minimum absolute atomic E-state index is 0.0257. The van der Waals surface area contributed by atoms with Gasteiger partial charge in [-0.2, -0.15) is 0 Å². The van der Waals surface area contributed by atoms with Crippen LogP contribution in [0.2, 0.25) is 0 Å². The Balaban J connectivity index is 1.56. The lowest BCUT2D eigenvalue weighted by Crippen LogP contribution is -2.58. The molecule has 1 aromatic carbocycles. The number of likely N-dealkylation sites (tertiary alicyclic amines) is 1. The van der Waals surface area contributed by atoms with Crippen LogP contribution in [0.4, 0.5) is 13.2 Å². The zero-order valence-electron chi connectivity index (χ0n) is 14.8. The molecule has 1 amide bonds. The van der Waals surface area contributed by atoms with Gasteiger partial charge in [0.25, 0.3) is 0 Å². The van der Waals surface area contributed by atoms with Gasteiger partial charge in [0.05, 0.1) is 12.5 Å². The summed E-state index contributed by atoms with van der Waals surface area (Å²) in [5.74, 6) is -0.195. The van der Waals surface area contributed by atoms with Crippen molar-refractivity contribution in [1.82, 2.24) is 4.90 Å². The van der Waals surface area contributed by atoms with Gasteiger partial charge >= 0.3 is 6.36 Å². The van der Waals surface area contributed by atoms with Crippen LogP contribution >= 0.6 is 0 Å². The maximum atomic E-state index is 12.3. The zero-order chi connectivity index (χ0) is 18.9. The summed E-state index contributed by atoms with van der Waals surface area (Å²) >= 11 is 0. The molecule has 1 spiro atoms. The van der Waals surface area contributed by atoms with Crippen LogP contribution in [0.15, 0.2) is 24.3 Å². The molecule has 0 radical (unpaired) electrons. The fraction of sp³-hybridized carbons (Fsp3) is 0.632. The third-order valence-corrected chi connectivity index (χ3v) is 5.71. The lowest BCUT2D eigenvalue weighted by Gasteiger charge is -2.49. The van der Waals surface area contributed by atoms with E-state index >= 15 is 0 Å². The van der Waals surface area contributed by atoms with E-state index in [9.17, 15) is 23.1 Å². The van der Waals surface area contributed by atoms with Crippen molar-refractivity contribution in [3.8, 4) is 5.75 Å². The lowest BCUT2D eigenvalue weighted by atomic mass is 9.76. The van der Waals surface area contributed by atoms with Crippen molar-refractivity contribution in [2.45, 2.75) is 44.9 Å². The van der Waals surface area contributed by atoms with Crippen LogP contribution in [0.25, 0.3) is 0 Å². The summed E-state index contributed by atoms with van der Waals surface area (Å²) < 4.78 is 40.6. The molecule has 1 heterocycles. The van der Waals surface area contributed by atoms with Crippen molar-refractivity contribution in [3.63, 3.8) is 0 Å². The van der Waals surface area contributed by atoms with Crippen LogP contribution in [0.3, 0.4) is 0 Å². The first kappa shape index (κ1) is 19.0. The largest absolute Gasteiger partial charge is 0.573 e. The predicted molar refractivity (Wildman–Crippen MR) is 89.6 cm³/mol. The highest BCUT2D eigenvalue weighted by atomic mass is 19.4. The Bertz CT molecular complexity index is 634. The molecule has 1 saturated heterocycles. The molecule has 0 bridgehead atoms. The van der Waals surface area contributed by atoms with Gasteiger partial charge in [0.2, 0.25) is 5.91 Å². The number of amides is 1. The Kier molecular flexibility index (Phi) is 5.19. The number of ether oxygens (including phenoxy) is 1. The van der Waals surface area contributed by atoms with Gasteiger partial charge in [-0.25, -0.2) is 0 Å². The van der Waals surface area contributed by atoms with Crippen LogP contribution in [-0.4, -0.2) is 42.0 Å². The van der Waals surface area contributed by atoms with Crippen molar-refractivity contribution in [2.75, 3.05) is 19.7 Å². The standard InChI is InChI=1S/C19H24F3NO3/c1-2-13(10-24)17(25)23-11-18(12-23)8-7-15(9-18)14-3-5-16(6-4-14)26-19(20,21)22/h3-6,13,15,24H,2,7-12H2,1H3/t13-,15-/m1/s1. The number of carbonyl (C=O) groups excluding carboxylic acids is 1. The number of nitrogens with zero attached hydrogens (tertiary/aromatic N) is 1. The average molecular weight is 371 g/mol. The van der Waals surface area contributed by atoms with Gasteiger partial charge in [-0.3, -0.25) is 4.79 Å². The van der Waals surface area contributed by atoms with Gasteiger partial charge in [-0.05, 0) is 49.3 Å². The number of hydrogen-bond donors (Lipinski definition) is 1. The number of hydrogen-bond acceptors (Lipinski definition) is 3. The first-order valence-corrected chi connectivity index (χ1v) is 9.00. The van der Waals surface area contributed by atoms with Crippen molar-refractivity contribution < 1.29 is 27.8 Å². The van der Waals surface area contributed by atoms with Crippen LogP contribution in [0.5, 0.6) is 5.75 Å². The normalized spacial score (nSPS) is 23.0. The molecule has 26 heavy (non-hydrogen) atoms. The molecular weight excluding hydrogens is 347 g/mol.